The molecule has 0 fully saturated rings. The first-order valence-electron chi connectivity index (χ1n) is 10.3. The molecule has 5 nitrogen and oxygen atoms in total. The number of benzene rings is 1. The topological polar surface area (TPSA) is 59.3 Å². The monoisotopic (exact) mass is 473 g/mol. The van der Waals surface area contributed by atoms with Crippen molar-refractivity contribution in [3.05, 3.63) is 83.1 Å². The average molecular weight is 474 g/mol. The van der Waals surface area contributed by atoms with Gasteiger partial charge in [-0.3, -0.25) is 4.79 Å². The zero-order valence-electron chi connectivity index (χ0n) is 17.9. The van der Waals surface area contributed by atoms with E-state index in [1.54, 1.807) is 12.1 Å². The highest BCUT2D eigenvalue weighted by atomic mass is 35.5. The van der Waals surface area contributed by atoms with E-state index >= 15 is 0 Å². The number of carbonyl (C=O) groups is 2. The van der Waals surface area contributed by atoms with Crippen LogP contribution in [-0.4, -0.2) is 18.4 Å². The van der Waals surface area contributed by atoms with Crippen molar-refractivity contribution in [2.24, 2.45) is 0 Å². The summed E-state index contributed by atoms with van der Waals surface area (Å²) in [7, 11) is 0. The number of esters is 1. The zero-order chi connectivity index (χ0) is 23.3. The van der Waals surface area contributed by atoms with Crippen molar-refractivity contribution in [1.82, 2.24) is 5.32 Å². The van der Waals surface area contributed by atoms with Gasteiger partial charge in [-0.2, -0.15) is 0 Å². The maximum Gasteiger partial charge on any atom is 0.335 e. The SMILES string of the molecule is C=CC(=O)NCCCCCC[n+]1ccc(C=Cc2cc(Cl)cc(Cl)c2OC(=O)C=C)cc1. The van der Waals surface area contributed by atoms with Crippen molar-refractivity contribution in [3.63, 3.8) is 0 Å². The van der Waals surface area contributed by atoms with Gasteiger partial charge in [0.05, 0.1) is 5.02 Å². The van der Waals surface area contributed by atoms with Crippen molar-refractivity contribution in [2.45, 2.75) is 32.2 Å². The highest BCUT2D eigenvalue weighted by molar-refractivity contribution is 6.36. The fraction of sp³-hybridized carbons (Fsp3) is 0.240. The first kappa shape index (κ1) is 25.4. The van der Waals surface area contributed by atoms with Crippen LogP contribution in [0, 0.1) is 0 Å². The van der Waals surface area contributed by atoms with Gasteiger partial charge in [-0.25, -0.2) is 9.36 Å². The molecule has 0 atom stereocenters. The number of unbranched alkanes of at least 4 members (excludes halogenated alkanes) is 3. The van der Waals surface area contributed by atoms with E-state index in [1.165, 1.54) is 12.1 Å². The van der Waals surface area contributed by atoms with Gasteiger partial charge in [-0.05, 0) is 36.6 Å². The van der Waals surface area contributed by atoms with Crippen molar-refractivity contribution >= 4 is 47.2 Å². The number of rotatable bonds is 12. The third kappa shape index (κ3) is 8.69. The lowest BCUT2D eigenvalue weighted by Gasteiger charge is -2.09. The molecule has 0 saturated carbocycles. The predicted octanol–water partition coefficient (Wildman–Crippen LogP) is 5.41. The summed E-state index contributed by atoms with van der Waals surface area (Å²) in [5, 5.41) is 3.48. The summed E-state index contributed by atoms with van der Waals surface area (Å²) in [5.41, 5.74) is 1.58. The molecule has 1 amide bonds. The number of nitrogens with one attached hydrogen (secondary N) is 1. The molecule has 2 rings (SSSR count). The molecule has 0 radical (unpaired) electrons. The molecule has 0 aliphatic heterocycles. The van der Waals surface area contributed by atoms with E-state index in [4.69, 9.17) is 27.9 Å². The minimum absolute atomic E-state index is 0.123. The number of nitrogens with zero attached hydrogens (tertiary/aromatic N) is 1. The standard InChI is InChI=1S/C25H26Cl2N2O3/c1-3-23(30)28-13-7-5-6-8-14-29-15-11-19(12-16-29)9-10-20-17-21(26)18-22(27)25(20)32-24(31)4-2/h3-4,9-12,15-18H,1-2,5-8,13-14H2/p+1. The molecule has 0 aliphatic rings. The van der Waals surface area contributed by atoms with Gasteiger partial charge in [-0.15, -0.1) is 0 Å². The first-order chi connectivity index (χ1) is 15.4. The first-order valence-corrected chi connectivity index (χ1v) is 11.1. The van der Waals surface area contributed by atoms with Crippen LogP contribution in [-0.2, 0) is 16.1 Å². The Balaban J connectivity index is 1.88. The van der Waals surface area contributed by atoms with E-state index in [0.29, 0.717) is 17.1 Å². The van der Waals surface area contributed by atoms with Crippen LogP contribution in [0.3, 0.4) is 0 Å². The summed E-state index contributed by atoms with van der Waals surface area (Å²) in [4.78, 5) is 22.7. The van der Waals surface area contributed by atoms with Gasteiger partial charge in [0.1, 0.15) is 6.54 Å². The Labute approximate surface area is 199 Å². The Hall–Kier alpha value is -2.89. The fourth-order valence-corrected chi connectivity index (χ4v) is 3.47. The minimum Gasteiger partial charge on any atom is -0.421 e. The minimum atomic E-state index is -0.592. The van der Waals surface area contributed by atoms with E-state index in [0.717, 1.165) is 43.9 Å². The van der Waals surface area contributed by atoms with Crippen LogP contribution in [0.15, 0.2) is 62.0 Å². The number of pyridine rings is 1. The molecule has 0 spiro atoms. The third-order valence-electron chi connectivity index (χ3n) is 4.61. The van der Waals surface area contributed by atoms with Crippen LogP contribution >= 0.6 is 23.2 Å². The smallest absolute Gasteiger partial charge is 0.335 e. The molecule has 1 heterocycles. The van der Waals surface area contributed by atoms with Gasteiger partial charge < -0.3 is 10.1 Å². The molecule has 32 heavy (non-hydrogen) atoms. The van der Waals surface area contributed by atoms with E-state index in [2.05, 4.69) is 23.0 Å². The lowest BCUT2D eigenvalue weighted by molar-refractivity contribution is -0.697. The van der Waals surface area contributed by atoms with E-state index in [1.807, 2.05) is 30.6 Å². The maximum absolute atomic E-state index is 11.6. The molecule has 1 aromatic heterocycles. The normalized spacial score (nSPS) is 10.7. The summed E-state index contributed by atoms with van der Waals surface area (Å²) in [6, 6.07) is 7.21. The largest absolute Gasteiger partial charge is 0.421 e. The van der Waals surface area contributed by atoms with Crippen LogP contribution in [0.1, 0.15) is 36.8 Å². The third-order valence-corrected chi connectivity index (χ3v) is 5.11. The van der Waals surface area contributed by atoms with Gasteiger partial charge in [0.15, 0.2) is 18.1 Å². The number of ether oxygens (including phenoxy) is 1. The van der Waals surface area contributed by atoms with Crippen LogP contribution in [0.25, 0.3) is 12.2 Å². The Kier molecular flexibility index (Phi) is 10.7. The molecule has 1 aromatic carbocycles. The van der Waals surface area contributed by atoms with E-state index < -0.39 is 5.97 Å². The van der Waals surface area contributed by atoms with Crippen LogP contribution in [0.5, 0.6) is 5.75 Å². The summed E-state index contributed by atoms with van der Waals surface area (Å²) in [6.45, 7) is 8.44. The summed E-state index contributed by atoms with van der Waals surface area (Å²) >= 11 is 12.3. The van der Waals surface area contributed by atoms with Gasteiger partial charge >= 0.3 is 5.97 Å². The molecule has 0 saturated heterocycles. The second-order valence-corrected chi connectivity index (χ2v) is 7.89. The molecule has 168 valence electrons. The zero-order valence-corrected chi connectivity index (χ0v) is 19.4. The van der Waals surface area contributed by atoms with Crippen molar-refractivity contribution in [2.75, 3.05) is 6.54 Å². The van der Waals surface area contributed by atoms with E-state index in [-0.39, 0.29) is 16.7 Å². The average Bonchev–Trinajstić information content (AvgIpc) is 2.79. The van der Waals surface area contributed by atoms with Gasteiger partial charge in [0.25, 0.3) is 0 Å². The second-order valence-electron chi connectivity index (χ2n) is 7.04. The maximum atomic E-state index is 11.6. The fourth-order valence-electron chi connectivity index (χ4n) is 2.93. The molecule has 0 bridgehead atoms. The Morgan fingerprint density at radius 2 is 1.72 bits per heavy atom. The number of aryl methyl sites for hydroxylation is 1. The highest BCUT2D eigenvalue weighted by Gasteiger charge is 2.12. The molecule has 2 aromatic rings. The quantitative estimate of drug-likeness (QED) is 0.147. The number of hydrogen-bond donors (Lipinski definition) is 1. The molecule has 0 aliphatic carbocycles. The number of halogens is 2. The second kappa shape index (κ2) is 13.5. The van der Waals surface area contributed by atoms with Gasteiger partial charge in [-0.1, -0.05) is 54.9 Å². The predicted molar refractivity (Wildman–Crippen MR) is 130 cm³/mol. The summed E-state index contributed by atoms with van der Waals surface area (Å²) < 4.78 is 7.39. The highest BCUT2D eigenvalue weighted by Crippen LogP contribution is 2.34. The lowest BCUT2D eigenvalue weighted by Crippen LogP contribution is -2.32. The molecule has 7 heteroatoms. The van der Waals surface area contributed by atoms with Crippen LogP contribution in [0.4, 0.5) is 0 Å². The van der Waals surface area contributed by atoms with Crippen molar-refractivity contribution in [1.29, 1.82) is 0 Å². The Bertz CT molecular complexity index is 985. The summed E-state index contributed by atoms with van der Waals surface area (Å²) in [5.74, 6) is -0.472. The van der Waals surface area contributed by atoms with Crippen molar-refractivity contribution < 1.29 is 18.9 Å². The Morgan fingerprint density at radius 3 is 2.41 bits per heavy atom. The Morgan fingerprint density at radius 1 is 1.00 bits per heavy atom. The summed E-state index contributed by atoms with van der Waals surface area (Å²) in [6.07, 6.45) is 14.3. The lowest BCUT2D eigenvalue weighted by atomic mass is 10.1. The number of amides is 1. The van der Waals surface area contributed by atoms with E-state index in [9.17, 15) is 9.59 Å². The molecule has 0 unspecified atom stereocenters. The van der Waals surface area contributed by atoms with Gasteiger partial charge in [0.2, 0.25) is 5.91 Å². The van der Waals surface area contributed by atoms with Crippen LogP contribution < -0.4 is 14.6 Å². The van der Waals surface area contributed by atoms with Crippen molar-refractivity contribution in [3.8, 4) is 5.75 Å². The molecular formula is C25H27Cl2N2O3+. The van der Waals surface area contributed by atoms with Crippen LogP contribution in [0.2, 0.25) is 10.0 Å². The molecular weight excluding hydrogens is 447 g/mol. The number of carbonyl (C=O) groups excluding carboxylic acids is 2. The number of hydrogen-bond acceptors (Lipinski definition) is 3. The molecule has 1 N–H and O–H groups in total. The van der Waals surface area contributed by atoms with Gasteiger partial charge in [0, 0.05) is 41.8 Å². The number of aromatic nitrogens is 1.